The van der Waals surface area contributed by atoms with E-state index in [-0.39, 0.29) is 48.0 Å². The van der Waals surface area contributed by atoms with Crippen molar-refractivity contribution in [2.75, 3.05) is 6.61 Å². The molecule has 0 aromatic rings. The summed E-state index contributed by atoms with van der Waals surface area (Å²) in [5, 5.41) is 0. The summed E-state index contributed by atoms with van der Waals surface area (Å²) in [4.78, 5) is 22.9. The first-order valence-corrected chi connectivity index (χ1v) is 6.10. The van der Waals surface area contributed by atoms with Crippen molar-refractivity contribution in [3.63, 3.8) is 0 Å². The van der Waals surface area contributed by atoms with E-state index in [1.54, 1.807) is 13.8 Å². The maximum Gasteiger partial charge on any atom is 0.312 e. The number of carbonyl (C=O) groups excluding carboxylic acids is 2. The van der Waals surface area contributed by atoms with Crippen LogP contribution in [0.5, 0.6) is 0 Å². The Morgan fingerprint density at radius 1 is 1.47 bits per heavy atom. The molecule has 0 aromatic carbocycles. The number of carbonyl (C=O) groups is 2. The highest BCUT2D eigenvalue weighted by Gasteiger charge is 2.63. The van der Waals surface area contributed by atoms with Crippen LogP contribution in [0.4, 0.5) is 0 Å². The van der Waals surface area contributed by atoms with Crippen molar-refractivity contribution < 1.29 is 23.8 Å². The maximum absolute atomic E-state index is 11.5. The number of ether oxygens (including phenoxy) is 3. The van der Waals surface area contributed by atoms with Gasteiger partial charge >= 0.3 is 11.9 Å². The zero-order valence-corrected chi connectivity index (χ0v) is 9.92. The summed E-state index contributed by atoms with van der Waals surface area (Å²) >= 11 is 0. The normalized spacial score (nSPS) is 42.1. The topological polar surface area (TPSA) is 61.8 Å². The van der Waals surface area contributed by atoms with Crippen molar-refractivity contribution in [3.8, 4) is 0 Å². The van der Waals surface area contributed by atoms with E-state index >= 15 is 0 Å². The van der Waals surface area contributed by atoms with Crippen LogP contribution in [-0.4, -0.2) is 36.9 Å². The van der Waals surface area contributed by atoms with Gasteiger partial charge in [-0.2, -0.15) is 0 Å². The SMILES string of the molecule is CC(C)C(=O)OCC1C2CC3C(=O)OC1C3O2. The third-order valence-electron chi connectivity index (χ3n) is 3.88. The molecule has 0 saturated carbocycles. The third kappa shape index (κ3) is 1.56. The summed E-state index contributed by atoms with van der Waals surface area (Å²) < 4.78 is 16.2. The Hall–Kier alpha value is -1.10. The fraction of sp³-hybridized carbons (Fsp3) is 0.833. The first kappa shape index (κ1) is 11.0. The average molecular weight is 240 g/mol. The second-order valence-corrected chi connectivity index (χ2v) is 5.33. The zero-order valence-electron chi connectivity index (χ0n) is 9.92. The van der Waals surface area contributed by atoms with Crippen molar-refractivity contribution in [1.29, 1.82) is 0 Å². The fourth-order valence-corrected chi connectivity index (χ4v) is 2.93. The highest BCUT2D eigenvalue weighted by molar-refractivity contribution is 5.77. The van der Waals surface area contributed by atoms with Crippen LogP contribution in [-0.2, 0) is 23.8 Å². The van der Waals surface area contributed by atoms with Crippen molar-refractivity contribution in [1.82, 2.24) is 0 Å². The summed E-state index contributed by atoms with van der Waals surface area (Å²) in [5.74, 6) is -0.560. The molecule has 5 atom stereocenters. The van der Waals surface area contributed by atoms with Crippen LogP contribution < -0.4 is 0 Å². The number of fused-ring (bicyclic) bond motifs is 1. The lowest BCUT2D eigenvalue weighted by atomic mass is 9.83. The van der Waals surface area contributed by atoms with Crippen LogP contribution in [0.25, 0.3) is 0 Å². The van der Waals surface area contributed by atoms with E-state index in [1.165, 1.54) is 0 Å². The van der Waals surface area contributed by atoms with E-state index in [0.717, 1.165) is 0 Å². The molecule has 5 nitrogen and oxygen atoms in total. The van der Waals surface area contributed by atoms with Gasteiger partial charge in [0, 0.05) is 0 Å². The summed E-state index contributed by atoms with van der Waals surface area (Å²) in [5.41, 5.74) is 0. The Morgan fingerprint density at radius 3 is 2.94 bits per heavy atom. The first-order chi connectivity index (χ1) is 8.08. The number of esters is 2. The van der Waals surface area contributed by atoms with Gasteiger partial charge in [0.25, 0.3) is 0 Å². The predicted octanol–water partition coefficient (Wildman–Crippen LogP) is 0.514. The molecule has 5 unspecified atom stereocenters. The van der Waals surface area contributed by atoms with Gasteiger partial charge in [-0.1, -0.05) is 13.8 Å². The monoisotopic (exact) mass is 240 g/mol. The van der Waals surface area contributed by atoms with Crippen LogP contribution in [0.3, 0.4) is 0 Å². The molecule has 0 amide bonds. The predicted molar refractivity (Wildman–Crippen MR) is 55.9 cm³/mol. The molecule has 3 saturated heterocycles. The second-order valence-electron chi connectivity index (χ2n) is 5.33. The number of hydrogen-bond donors (Lipinski definition) is 0. The standard InChI is InChI=1S/C12H16O5/c1-5(2)11(13)15-4-7-8-3-6-9(16-8)10(7)17-12(6)14/h5-10H,3-4H2,1-2H3. The molecule has 0 radical (unpaired) electrons. The fourth-order valence-electron chi connectivity index (χ4n) is 2.93. The van der Waals surface area contributed by atoms with Crippen molar-refractivity contribution in [3.05, 3.63) is 0 Å². The van der Waals surface area contributed by atoms with E-state index < -0.39 is 0 Å². The highest BCUT2D eigenvalue weighted by Crippen LogP contribution is 2.49. The smallest absolute Gasteiger partial charge is 0.312 e. The van der Waals surface area contributed by atoms with E-state index in [1.807, 2.05) is 0 Å². The minimum atomic E-state index is -0.214. The molecule has 0 N–H and O–H groups in total. The lowest BCUT2D eigenvalue weighted by Crippen LogP contribution is -2.35. The minimum absolute atomic E-state index is 0.0152. The van der Waals surface area contributed by atoms with Gasteiger partial charge in [0.15, 0.2) is 0 Å². The first-order valence-electron chi connectivity index (χ1n) is 6.10. The summed E-state index contributed by atoms with van der Waals surface area (Å²) in [6, 6.07) is 0. The Labute approximate surface area is 99.4 Å². The quantitative estimate of drug-likeness (QED) is 0.673. The Morgan fingerprint density at radius 2 is 2.24 bits per heavy atom. The van der Waals surface area contributed by atoms with Crippen molar-refractivity contribution in [2.45, 2.75) is 38.6 Å². The van der Waals surface area contributed by atoms with Crippen molar-refractivity contribution in [2.24, 2.45) is 17.8 Å². The summed E-state index contributed by atoms with van der Waals surface area (Å²) in [7, 11) is 0. The molecule has 2 bridgehead atoms. The van der Waals surface area contributed by atoms with Crippen LogP contribution in [0.15, 0.2) is 0 Å². The summed E-state index contributed by atoms with van der Waals surface area (Å²) in [6.07, 6.45) is 0.423. The zero-order chi connectivity index (χ0) is 12.2. The van der Waals surface area contributed by atoms with Gasteiger partial charge in [0.1, 0.15) is 18.8 Å². The molecule has 0 aliphatic carbocycles. The number of rotatable bonds is 3. The number of hydrogen-bond acceptors (Lipinski definition) is 5. The van der Waals surface area contributed by atoms with Gasteiger partial charge in [-0.25, -0.2) is 0 Å². The van der Waals surface area contributed by atoms with E-state index in [0.29, 0.717) is 13.0 Å². The van der Waals surface area contributed by atoms with Crippen molar-refractivity contribution >= 4 is 11.9 Å². The second kappa shape index (κ2) is 3.70. The largest absolute Gasteiger partial charge is 0.465 e. The third-order valence-corrected chi connectivity index (χ3v) is 3.88. The van der Waals surface area contributed by atoms with Gasteiger partial charge in [0.05, 0.1) is 23.9 Å². The Kier molecular flexibility index (Phi) is 2.40. The van der Waals surface area contributed by atoms with Gasteiger partial charge in [-0.15, -0.1) is 0 Å². The highest BCUT2D eigenvalue weighted by atomic mass is 16.6. The van der Waals surface area contributed by atoms with Crippen LogP contribution in [0.2, 0.25) is 0 Å². The molecule has 3 aliphatic rings. The molecule has 3 rings (SSSR count). The maximum atomic E-state index is 11.5. The molecular weight excluding hydrogens is 224 g/mol. The lowest BCUT2D eigenvalue weighted by molar-refractivity contribution is -0.151. The lowest BCUT2D eigenvalue weighted by Gasteiger charge is -2.22. The van der Waals surface area contributed by atoms with E-state index in [2.05, 4.69) is 0 Å². The van der Waals surface area contributed by atoms with Gasteiger partial charge < -0.3 is 14.2 Å². The van der Waals surface area contributed by atoms with Gasteiger partial charge in [-0.05, 0) is 6.42 Å². The molecule has 17 heavy (non-hydrogen) atoms. The van der Waals surface area contributed by atoms with Crippen LogP contribution in [0.1, 0.15) is 20.3 Å². The molecular formula is C12H16O5. The molecule has 3 fully saturated rings. The Bertz CT molecular complexity index is 364. The van der Waals surface area contributed by atoms with Crippen LogP contribution in [0, 0.1) is 17.8 Å². The molecule has 0 spiro atoms. The van der Waals surface area contributed by atoms with Crippen LogP contribution >= 0.6 is 0 Å². The molecule has 3 aliphatic heterocycles. The van der Waals surface area contributed by atoms with Gasteiger partial charge in [-0.3, -0.25) is 9.59 Å². The minimum Gasteiger partial charge on any atom is -0.465 e. The molecule has 0 aromatic heterocycles. The average Bonchev–Trinajstić information content (AvgIpc) is 2.87. The molecule has 5 heteroatoms. The Balaban J connectivity index is 1.63. The van der Waals surface area contributed by atoms with Gasteiger partial charge in [0.2, 0.25) is 0 Å². The van der Waals surface area contributed by atoms with E-state index in [4.69, 9.17) is 14.2 Å². The molecule has 3 heterocycles. The summed E-state index contributed by atoms with van der Waals surface area (Å²) in [6.45, 7) is 3.89. The van der Waals surface area contributed by atoms with E-state index in [9.17, 15) is 9.59 Å². The molecule has 94 valence electrons.